The molecule has 0 heterocycles. The van der Waals surface area contributed by atoms with E-state index in [0.717, 1.165) is 12.1 Å². The molecule has 1 aliphatic rings. The van der Waals surface area contributed by atoms with Gasteiger partial charge in [-0.05, 0) is 24.3 Å². The summed E-state index contributed by atoms with van der Waals surface area (Å²) in [7, 11) is -0.0975. The summed E-state index contributed by atoms with van der Waals surface area (Å²) in [6, 6.07) is 1.18. The lowest BCUT2D eigenvalue weighted by molar-refractivity contribution is 0.123. The molecule has 1 aliphatic carbocycles. The Morgan fingerprint density at radius 1 is 1.11 bits per heavy atom. The molecule has 1 fully saturated rings. The highest BCUT2D eigenvalue weighted by Crippen LogP contribution is 2.41. The van der Waals surface area contributed by atoms with Crippen LogP contribution >= 0.6 is 0 Å². The van der Waals surface area contributed by atoms with Gasteiger partial charge < -0.3 is 8.85 Å². The Labute approximate surface area is 121 Å². The molecule has 1 unspecified atom stereocenters. The number of rotatable bonds is 7. The first-order valence-corrected chi connectivity index (χ1v) is 10.2. The summed E-state index contributed by atoms with van der Waals surface area (Å²) in [6.07, 6.45) is 9.28. The fourth-order valence-corrected chi connectivity index (χ4v) is 7.28. The Bertz CT molecular complexity index is 244. The van der Waals surface area contributed by atoms with Crippen molar-refractivity contribution in [3.63, 3.8) is 0 Å². The second-order valence-electron chi connectivity index (χ2n) is 7.30. The third-order valence-corrected chi connectivity index (χ3v) is 8.40. The third kappa shape index (κ3) is 5.56. The van der Waals surface area contributed by atoms with Crippen molar-refractivity contribution >= 4 is 8.56 Å². The topological polar surface area (TPSA) is 18.5 Å². The normalized spacial score (nSPS) is 21.3. The fourth-order valence-electron chi connectivity index (χ4n) is 3.03. The minimum absolute atomic E-state index is 0.234. The van der Waals surface area contributed by atoms with Crippen LogP contribution in [0.1, 0.15) is 72.6 Å². The van der Waals surface area contributed by atoms with Crippen molar-refractivity contribution in [2.45, 2.75) is 84.2 Å². The Balaban J connectivity index is 2.73. The third-order valence-electron chi connectivity index (χ3n) is 4.20. The maximum absolute atomic E-state index is 6.50. The van der Waals surface area contributed by atoms with Gasteiger partial charge in [0.25, 0.3) is 0 Å². The number of hydrogen-bond acceptors (Lipinski definition) is 2. The van der Waals surface area contributed by atoms with Crippen molar-refractivity contribution < 1.29 is 8.85 Å². The molecule has 2 nitrogen and oxygen atoms in total. The van der Waals surface area contributed by atoms with Gasteiger partial charge in [0, 0.05) is 19.3 Å². The zero-order valence-electron chi connectivity index (χ0n) is 13.8. The van der Waals surface area contributed by atoms with Crippen LogP contribution in [0.2, 0.25) is 11.6 Å². The van der Waals surface area contributed by atoms with Crippen LogP contribution in [0.3, 0.4) is 0 Å². The molecule has 0 bridgehead atoms. The Kier molecular flexibility index (Phi) is 7.05. The monoisotopic (exact) mass is 286 g/mol. The molecule has 0 aliphatic heterocycles. The molecule has 0 aromatic carbocycles. The molecule has 1 rings (SSSR count). The van der Waals surface area contributed by atoms with Crippen LogP contribution < -0.4 is 0 Å². The van der Waals surface area contributed by atoms with Crippen LogP contribution in [-0.2, 0) is 8.85 Å². The predicted molar refractivity (Wildman–Crippen MR) is 84.7 cm³/mol. The van der Waals surface area contributed by atoms with E-state index >= 15 is 0 Å². The van der Waals surface area contributed by atoms with Gasteiger partial charge in [-0.1, -0.05) is 59.8 Å². The van der Waals surface area contributed by atoms with Crippen LogP contribution in [0.15, 0.2) is 0 Å². The molecule has 0 spiro atoms. The van der Waals surface area contributed by atoms with E-state index in [9.17, 15) is 0 Å². The highest BCUT2D eigenvalue weighted by molar-refractivity contribution is 6.69. The second kappa shape index (κ2) is 7.80. The van der Waals surface area contributed by atoms with Crippen LogP contribution in [-0.4, -0.2) is 22.3 Å². The Hall–Kier alpha value is 0.137. The van der Waals surface area contributed by atoms with Gasteiger partial charge in [-0.15, -0.1) is 0 Å². The average Bonchev–Trinajstić information content (AvgIpc) is 2.40. The van der Waals surface area contributed by atoms with Crippen LogP contribution in [0.4, 0.5) is 0 Å². The van der Waals surface area contributed by atoms with E-state index in [4.69, 9.17) is 8.85 Å². The Morgan fingerprint density at radius 2 is 1.74 bits per heavy atom. The molecule has 3 heteroatoms. The summed E-state index contributed by atoms with van der Waals surface area (Å²) in [5, 5.41) is 0. The summed E-state index contributed by atoms with van der Waals surface area (Å²) in [5.41, 5.74) is 0.956. The molecular formula is C16H34O2Si. The van der Waals surface area contributed by atoms with Gasteiger partial charge in [-0.3, -0.25) is 0 Å². The van der Waals surface area contributed by atoms with E-state index in [1.165, 1.54) is 51.0 Å². The Morgan fingerprint density at radius 3 is 2.21 bits per heavy atom. The maximum atomic E-state index is 6.50. The van der Waals surface area contributed by atoms with Crippen molar-refractivity contribution in [1.29, 1.82) is 0 Å². The first-order chi connectivity index (χ1) is 8.93. The molecule has 0 N–H and O–H groups in total. The summed E-state index contributed by atoms with van der Waals surface area (Å²) < 4.78 is 12.6. The van der Waals surface area contributed by atoms with E-state index in [-0.39, 0.29) is 5.41 Å². The lowest BCUT2D eigenvalue weighted by Gasteiger charge is -2.40. The molecule has 19 heavy (non-hydrogen) atoms. The SMILES string of the molecule is CCCC[Si](OC)(OCC(C)(C)C)C1CCCCC1. The minimum atomic E-state index is -2.00. The maximum Gasteiger partial charge on any atom is 0.341 e. The minimum Gasteiger partial charge on any atom is -0.397 e. The van der Waals surface area contributed by atoms with Gasteiger partial charge in [0.2, 0.25) is 0 Å². The molecule has 1 atom stereocenters. The predicted octanol–water partition coefficient (Wildman–Crippen LogP) is 5.27. The van der Waals surface area contributed by atoms with Gasteiger partial charge in [-0.25, -0.2) is 0 Å². The molecule has 0 aromatic rings. The first-order valence-electron chi connectivity index (χ1n) is 8.12. The summed E-state index contributed by atoms with van der Waals surface area (Å²) in [5.74, 6) is 0. The highest BCUT2D eigenvalue weighted by Gasteiger charge is 2.45. The van der Waals surface area contributed by atoms with Crippen molar-refractivity contribution in [2.24, 2.45) is 5.41 Å². The zero-order valence-corrected chi connectivity index (χ0v) is 14.8. The van der Waals surface area contributed by atoms with E-state index in [1.807, 2.05) is 7.11 Å². The van der Waals surface area contributed by atoms with Gasteiger partial charge >= 0.3 is 8.56 Å². The molecule has 114 valence electrons. The molecule has 0 saturated heterocycles. The van der Waals surface area contributed by atoms with Crippen molar-refractivity contribution in [2.75, 3.05) is 13.7 Å². The van der Waals surface area contributed by atoms with Gasteiger partial charge in [0.05, 0.1) is 0 Å². The quantitative estimate of drug-likeness (QED) is 0.593. The molecule has 1 saturated carbocycles. The lowest BCUT2D eigenvalue weighted by atomic mass is 9.99. The van der Waals surface area contributed by atoms with Crippen LogP contribution in [0, 0.1) is 5.41 Å². The number of unbranched alkanes of at least 4 members (excludes halogenated alkanes) is 1. The average molecular weight is 287 g/mol. The summed E-state index contributed by atoms with van der Waals surface area (Å²) >= 11 is 0. The second-order valence-corrected chi connectivity index (χ2v) is 10.9. The van der Waals surface area contributed by atoms with Crippen molar-refractivity contribution in [3.05, 3.63) is 0 Å². The lowest BCUT2D eigenvalue weighted by Crippen LogP contribution is -2.48. The van der Waals surface area contributed by atoms with E-state index in [1.54, 1.807) is 0 Å². The molecule has 0 aromatic heterocycles. The van der Waals surface area contributed by atoms with E-state index < -0.39 is 8.56 Å². The van der Waals surface area contributed by atoms with Crippen molar-refractivity contribution in [1.82, 2.24) is 0 Å². The van der Waals surface area contributed by atoms with Crippen LogP contribution in [0.5, 0.6) is 0 Å². The van der Waals surface area contributed by atoms with E-state index in [2.05, 4.69) is 27.7 Å². The molecule has 0 amide bonds. The number of hydrogen-bond donors (Lipinski definition) is 0. The first kappa shape index (κ1) is 17.2. The van der Waals surface area contributed by atoms with Gasteiger partial charge in [-0.2, -0.15) is 0 Å². The highest BCUT2D eigenvalue weighted by atomic mass is 28.4. The van der Waals surface area contributed by atoms with Gasteiger partial charge in [0.15, 0.2) is 0 Å². The van der Waals surface area contributed by atoms with Crippen molar-refractivity contribution in [3.8, 4) is 0 Å². The standard InChI is InChI=1S/C16H34O2Si/c1-6-7-13-19(17-5,18-14-16(2,3)4)15-11-9-8-10-12-15/h15H,6-14H2,1-5H3. The van der Waals surface area contributed by atoms with Crippen LogP contribution in [0.25, 0.3) is 0 Å². The smallest absolute Gasteiger partial charge is 0.341 e. The fraction of sp³-hybridized carbons (Fsp3) is 1.00. The zero-order chi connectivity index (χ0) is 14.4. The summed E-state index contributed by atoms with van der Waals surface area (Å²) in [4.78, 5) is 0. The van der Waals surface area contributed by atoms with E-state index in [0.29, 0.717) is 0 Å². The molecular weight excluding hydrogens is 252 g/mol. The largest absolute Gasteiger partial charge is 0.397 e. The van der Waals surface area contributed by atoms with Gasteiger partial charge in [0.1, 0.15) is 0 Å². The molecule has 0 radical (unpaired) electrons. The summed E-state index contributed by atoms with van der Waals surface area (Å²) in [6.45, 7) is 9.86.